The molecule has 0 radical (unpaired) electrons. The van der Waals surface area contributed by atoms with Crippen LogP contribution in [0.15, 0.2) is 62.9 Å². The number of hydrogen-bond donors (Lipinski definition) is 0. The van der Waals surface area contributed by atoms with Crippen molar-refractivity contribution in [3.05, 3.63) is 69.8 Å². The number of rotatable bonds is 6. The molecule has 1 aliphatic heterocycles. The van der Waals surface area contributed by atoms with Crippen molar-refractivity contribution in [3.8, 4) is 11.6 Å². The molecule has 0 spiro atoms. The number of methoxy groups -OCH3 is 1. The Bertz CT molecular complexity index is 1600. The first-order valence-corrected chi connectivity index (χ1v) is 12.3. The van der Waals surface area contributed by atoms with Gasteiger partial charge in [-0.1, -0.05) is 16.8 Å². The molecular formula is C22H17ClF2N4O5S. The highest BCUT2D eigenvalue weighted by molar-refractivity contribution is 7.90. The minimum absolute atomic E-state index is 0.00283. The average molecular weight is 523 g/mol. The number of nitrogens with zero attached hydrogens (tertiary/aromatic N) is 4. The van der Waals surface area contributed by atoms with Gasteiger partial charge in [0, 0.05) is 17.5 Å². The lowest BCUT2D eigenvalue weighted by Crippen LogP contribution is -2.56. The molecule has 0 N–H and O–H groups in total. The Labute approximate surface area is 202 Å². The van der Waals surface area contributed by atoms with Crippen molar-refractivity contribution in [1.82, 2.24) is 14.7 Å². The van der Waals surface area contributed by atoms with E-state index in [1.807, 2.05) is 0 Å². The lowest BCUT2D eigenvalue weighted by Gasteiger charge is -2.40. The molecule has 0 saturated carbocycles. The number of alkyl halides is 2. The van der Waals surface area contributed by atoms with Crippen molar-refractivity contribution >= 4 is 38.2 Å². The van der Waals surface area contributed by atoms with Gasteiger partial charge in [0.15, 0.2) is 15.7 Å². The van der Waals surface area contributed by atoms with Gasteiger partial charge < -0.3 is 14.2 Å². The predicted molar refractivity (Wildman–Crippen MR) is 123 cm³/mol. The number of fused-ring (bicyclic) bond motifs is 1. The second kappa shape index (κ2) is 8.31. The third-order valence-electron chi connectivity index (χ3n) is 5.54. The molecule has 1 aromatic carbocycles. The second-order valence-corrected chi connectivity index (χ2v) is 10.4. The molecule has 13 heteroatoms. The van der Waals surface area contributed by atoms with Crippen molar-refractivity contribution in [2.45, 2.75) is 16.6 Å². The normalized spacial score (nSPS) is 15.3. The van der Waals surface area contributed by atoms with Crippen molar-refractivity contribution in [2.75, 3.05) is 25.1 Å². The van der Waals surface area contributed by atoms with E-state index in [1.54, 1.807) is 0 Å². The molecule has 0 amide bonds. The van der Waals surface area contributed by atoms with Crippen molar-refractivity contribution < 1.29 is 26.5 Å². The van der Waals surface area contributed by atoms with Gasteiger partial charge in [0.1, 0.15) is 17.7 Å². The Morgan fingerprint density at radius 3 is 2.60 bits per heavy atom. The third kappa shape index (κ3) is 4.23. The summed E-state index contributed by atoms with van der Waals surface area (Å²) in [7, 11) is -2.41. The maximum Gasteiger partial charge on any atom is 0.282 e. The Balaban J connectivity index is 1.60. The summed E-state index contributed by atoms with van der Waals surface area (Å²) < 4.78 is 63.7. The summed E-state index contributed by atoms with van der Waals surface area (Å²) in [4.78, 5) is 18.5. The molecule has 1 saturated heterocycles. The summed E-state index contributed by atoms with van der Waals surface area (Å²) >= 11 is 6.35. The fourth-order valence-corrected chi connectivity index (χ4v) is 5.46. The minimum Gasteiger partial charge on any atom is -0.479 e. The van der Waals surface area contributed by atoms with E-state index in [4.69, 9.17) is 20.9 Å². The van der Waals surface area contributed by atoms with E-state index in [2.05, 4.69) is 10.1 Å². The molecule has 182 valence electrons. The third-order valence-corrected chi connectivity index (χ3v) is 7.46. The SMILES string of the molecule is COc1nc(N2CC(F)(F)C2)c(Cl)cc1-n1c(=O)ccc2cc(S(=O)(=O)Cc3ccon3)ccc21. The Morgan fingerprint density at radius 1 is 1.17 bits per heavy atom. The fourth-order valence-electron chi connectivity index (χ4n) is 3.90. The Hall–Kier alpha value is -3.51. The number of anilines is 1. The maximum absolute atomic E-state index is 13.3. The highest BCUT2D eigenvalue weighted by Crippen LogP contribution is 2.38. The summed E-state index contributed by atoms with van der Waals surface area (Å²) in [5, 5.41) is 4.16. The zero-order chi connectivity index (χ0) is 25.0. The molecule has 9 nitrogen and oxygen atoms in total. The molecule has 1 fully saturated rings. The highest BCUT2D eigenvalue weighted by Gasteiger charge is 2.45. The standard InChI is InChI=1S/C22H17ClF2N4O5S/c1-33-21-18(9-16(23)20(26-21)28-11-22(24,25)12-28)29-17-4-3-15(8-13(17)2-5-19(29)30)35(31,32)10-14-6-7-34-27-14/h2-9H,10-12H2,1H3. The van der Waals surface area contributed by atoms with Crippen LogP contribution in [-0.2, 0) is 15.6 Å². The largest absolute Gasteiger partial charge is 0.479 e. The fraction of sp³-hybridized carbons (Fsp3) is 0.227. The summed E-state index contributed by atoms with van der Waals surface area (Å²) in [6.07, 6.45) is 1.29. The molecule has 0 bridgehead atoms. The lowest BCUT2D eigenvalue weighted by atomic mass is 10.1. The number of benzene rings is 1. The number of pyridine rings is 2. The molecular weight excluding hydrogens is 506 g/mol. The number of halogens is 3. The Morgan fingerprint density at radius 2 is 1.94 bits per heavy atom. The molecule has 0 unspecified atom stereocenters. The van der Waals surface area contributed by atoms with E-state index in [9.17, 15) is 22.0 Å². The molecule has 4 heterocycles. The molecule has 3 aromatic heterocycles. The van der Waals surface area contributed by atoms with E-state index >= 15 is 0 Å². The van der Waals surface area contributed by atoms with Crippen molar-refractivity contribution in [1.29, 1.82) is 0 Å². The molecule has 5 rings (SSSR count). The van der Waals surface area contributed by atoms with Gasteiger partial charge in [-0.25, -0.2) is 17.2 Å². The first kappa shape index (κ1) is 23.2. The van der Waals surface area contributed by atoms with E-state index in [0.717, 1.165) is 0 Å². The van der Waals surface area contributed by atoms with E-state index in [0.29, 0.717) is 10.9 Å². The van der Waals surface area contributed by atoms with Gasteiger partial charge in [-0.05, 0) is 30.3 Å². The molecule has 1 aliphatic rings. The average Bonchev–Trinajstić information content (AvgIpc) is 3.29. The van der Waals surface area contributed by atoms with E-state index in [-0.39, 0.29) is 38.8 Å². The van der Waals surface area contributed by atoms with Gasteiger partial charge in [0.05, 0.1) is 41.3 Å². The lowest BCUT2D eigenvalue weighted by molar-refractivity contribution is -0.0267. The second-order valence-electron chi connectivity index (χ2n) is 8.01. The topological polar surface area (TPSA) is 108 Å². The molecule has 4 aromatic rings. The van der Waals surface area contributed by atoms with Crippen LogP contribution < -0.4 is 15.2 Å². The van der Waals surface area contributed by atoms with Crippen LogP contribution in [0.5, 0.6) is 5.88 Å². The van der Waals surface area contributed by atoms with Crippen LogP contribution in [0.25, 0.3) is 16.6 Å². The quantitative estimate of drug-likeness (QED) is 0.379. The first-order valence-electron chi connectivity index (χ1n) is 10.2. The van der Waals surface area contributed by atoms with Gasteiger partial charge in [-0.2, -0.15) is 4.98 Å². The first-order chi connectivity index (χ1) is 16.6. The summed E-state index contributed by atoms with van der Waals surface area (Å²) in [5.41, 5.74) is 0.371. The number of hydrogen-bond acceptors (Lipinski definition) is 8. The van der Waals surface area contributed by atoms with Crippen LogP contribution in [-0.4, -0.2) is 49.2 Å². The maximum atomic E-state index is 13.3. The van der Waals surface area contributed by atoms with Crippen LogP contribution in [0.3, 0.4) is 0 Å². The van der Waals surface area contributed by atoms with Gasteiger partial charge in [0.25, 0.3) is 11.5 Å². The predicted octanol–water partition coefficient (Wildman–Crippen LogP) is 3.46. The molecule has 0 atom stereocenters. The van der Waals surface area contributed by atoms with Crippen LogP contribution in [0.2, 0.25) is 5.02 Å². The summed E-state index contributed by atoms with van der Waals surface area (Å²) in [6, 6.07) is 9.96. The van der Waals surface area contributed by atoms with Gasteiger partial charge in [0.2, 0.25) is 5.88 Å². The van der Waals surface area contributed by atoms with Gasteiger partial charge in [-0.3, -0.25) is 9.36 Å². The van der Waals surface area contributed by atoms with E-state index in [1.165, 1.54) is 65.3 Å². The molecule has 0 aliphatic carbocycles. The number of sulfone groups is 1. The number of aromatic nitrogens is 3. The monoisotopic (exact) mass is 522 g/mol. The van der Waals surface area contributed by atoms with Crippen LogP contribution in [0.1, 0.15) is 5.69 Å². The van der Waals surface area contributed by atoms with Crippen molar-refractivity contribution in [3.63, 3.8) is 0 Å². The smallest absolute Gasteiger partial charge is 0.282 e. The van der Waals surface area contributed by atoms with Gasteiger partial charge in [-0.15, -0.1) is 0 Å². The molecule has 35 heavy (non-hydrogen) atoms. The number of ether oxygens (including phenoxy) is 1. The Kier molecular flexibility index (Phi) is 5.52. The van der Waals surface area contributed by atoms with Gasteiger partial charge >= 0.3 is 0 Å². The van der Waals surface area contributed by atoms with Crippen LogP contribution in [0, 0.1) is 0 Å². The minimum atomic E-state index is -3.74. The summed E-state index contributed by atoms with van der Waals surface area (Å²) in [6.45, 7) is -1.05. The van der Waals surface area contributed by atoms with E-state index < -0.39 is 34.4 Å². The van der Waals surface area contributed by atoms with Crippen LogP contribution in [0.4, 0.5) is 14.6 Å². The summed E-state index contributed by atoms with van der Waals surface area (Å²) in [5.74, 6) is -3.06. The highest BCUT2D eigenvalue weighted by atomic mass is 35.5. The van der Waals surface area contributed by atoms with Crippen molar-refractivity contribution in [2.24, 2.45) is 0 Å². The zero-order valence-corrected chi connectivity index (χ0v) is 19.7. The zero-order valence-electron chi connectivity index (χ0n) is 18.1. The van der Waals surface area contributed by atoms with Crippen LogP contribution >= 0.6 is 11.6 Å².